The summed E-state index contributed by atoms with van der Waals surface area (Å²) in [5.41, 5.74) is 0.515. The summed E-state index contributed by atoms with van der Waals surface area (Å²) < 4.78 is 4.77. The summed E-state index contributed by atoms with van der Waals surface area (Å²) in [4.78, 5) is 21.5. The molecule has 0 unspecified atom stereocenters. The molecule has 0 spiro atoms. The molecule has 7 nitrogen and oxygen atoms in total. The summed E-state index contributed by atoms with van der Waals surface area (Å²) in [6.45, 7) is 2.45. The summed E-state index contributed by atoms with van der Waals surface area (Å²) >= 11 is 0. The Balaban J connectivity index is 2.60. The molecule has 0 aliphatic heterocycles. The van der Waals surface area contributed by atoms with Crippen LogP contribution in [0.2, 0.25) is 0 Å². The van der Waals surface area contributed by atoms with E-state index < -0.39 is 4.92 Å². The predicted molar refractivity (Wildman–Crippen MR) is 72.2 cm³/mol. The maximum atomic E-state index is 11.1. The third-order valence-electron chi connectivity index (χ3n) is 2.50. The SMILES string of the molecule is CCOC(=O)CCCNc1cc(C#N)ccc1[N+](=O)[O-]. The maximum Gasteiger partial charge on any atom is 0.305 e. The van der Waals surface area contributed by atoms with Crippen LogP contribution in [0.25, 0.3) is 0 Å². The highest BCUT2D eigenvalue weighted by Gasteiger charge is 2.13. The maximum absolute atomic E-state index is 11.1. The zero-order valence-corrected chi connectivity index (χ0v) is 11.1. The second kappa shape index (κ2) is 7.74. The molecular formula is C13H15N3O4. The minimum atomic E-state index is -0.519. The van der Waals surface area contributed by atoms with Gasteiger partial charge < -0.3 is 10.1 Å². The fourth-order valence-electron chi connectivity index (χ4n) is 1.60. The number of nitro groups is 1. The van der Waals surface area contributed by atoms with Gasteiger partial charge >= 0.3 is 5.97 Å². The number of nitro benzene ring substituents is 1. The Bertz CT molecular complexity index is 537. The van der Waals surface area contributed by atoms with Crippen molar-refractivity contribution in [2.24, 2.45) is 0 Å². The molecule has 0 radical (unpaired) electrons. The number of nitrogens with one attached hydrogen (secondary N) is 1. The molecule has 1 aromatic carbocycles. The molecule has 0 aromatic heterocycles. The van der Waals surface area contributed by atoms with Crippen LogP contribution in [0.4, 0.5) is 11.4 Å². The van der Waals surface area contributed by atoms with Crippen molar-refractivity contribution in [3.8, 4) is 6.07 Å². The standard InChI is InChI=1S/C13H15N3O4/c1-2-20-13(17)4-3-7-15-11-8-10(9-14)5-6-12(11)16(18)19/h5-6,8,15H,2-4,7H2,1H3. The van der Waals surface area contributed by atoms with Gasteiger partial charge in [0, 0.05) is 19.0 Å². The fourth-order valence-corrected chi connectivity index (χ4v) is 1.60. The van der Waals surface area contributed by atoms with Crippen LogP contribution in [0, 0.1) is 21.4 Å². The van der Waals surface area contributed by atoms with Crippen LogP contribution in [0.1, 0.15) is 25.3 Å². The lowest BCUT2D eigenvalue weighted by Gasteiger charge is -2.07. The van der Waals surface area contributed by atoms with E-state index in [0.717, 1.165) is 0 Å². The molecule has 0 saturated heterocycles. The quantitative estimate of drug-likeness (QED) is 0.354. The van der Waals surface area contributed by atoms with E-state index in [4.69, 9.17) is 10.00 Å². The number of rotatable bonds is 7. The molecule has 1 N–H and O–H groups in total. The van der Waals surface area contributed by atoms with Gasteiger partial charge in [-0.2, -0.15) is 5.26 Å². The molecule has 0 bridgehead atoms. The zero-order chi connectivity index (χ0) is 15.0. The van der Waals surface area contributed by atoms with Crippen molar-refractivity contribution in [2.45, 2.75) is 19.8 Å². The molecule has 0 heterocycles. The van der Waals surface area contributed by atoms with Crippen molar-refractivity contribution in [2.75, 3.05) is 18.5 Å². The molecule has 20 heavy (non-hydrogen) atoms. The lowest BCUT2D eigenvalue weighted by molar-refractivity contribution is -0.384. The van der Waals surface area contributed by atoms with E-state index in [9.17, 15) is 14.9 Å². The minimum absolute atomic E-state index is 0.0971. The molecule has 106 valence electrons. The van der Waals surface area contributed by atoms with E-state index in [2.05, 4.69) is 5.32 Å². The van der Waals surface area contributed by atoms with Gasteiger partial charge in [-0.1, -0.05) is 0 Å². The molecular weight excluding hydrogens is 262 g/mol. The first-order valence-electron chi connectivity index (χ1n) is 6.16. The molecule has 0 amide bonds. The number of esters is 1. The third kappa shape index (κ3) is 4.57. The van der Waals surface area contributed by atoms with Crippen LogP contribution in [0.3, 0.4) is 0 Å². The van der Waals surface area contributed by atoms with Gasteiger partial charge in [0.1, 0.15) is 5.69 Å². The number of hydrogen-bond donors (Lipinski definition) is 1. The Morgan fingerprint density at radius 2 is 2.30 bits per heavy atom. The van der Waals surface area contributed by atoms with Gasteiger partial charge in [-0.3, -0.25) is 14.9 Å². The molecule has 1 aromatic rings. The molecule has 0 aliphatic carbocycles. The second-order valence-corrected chi connectivity index (χ2v) is 3.94. The van der Waals surface area contributed by atoms with Crippen LogP contribution in [-0.2, 0) is 9.53 Å². The Labute approximate surface area is 116 Å². The first-order chi connectivity index (χ1) is 9.58. The number of carbonyl (C=O) groups is 1. The topological polar surface area (TPSA) is 105 Å². The summed E-state index contributed by atoms with van der Waals surface area (Å²) in [5, 5.41) is 22.5. The first kappa shape index (κ1) is 15.4. The average Bonchev–Trinajstić information content (AvgIpc) is 2.43. The van der Waals surface area contributed by atoms with Crippen LogP contribution >= 0.6 is 0 Å². The minimum Gasteiger partial charge on any atom is -0.466 e. The van der Waals surface area contributed by atoms with E-state index >= 15 is 0 Å². The van der Waals surface area contributed by atoms with Crippen LogP contribution < -0.4 is 5.32 Å². The molecule has 0 fully saturated rings. The number of benzene rings is 1. The van der Waals surface area contributed by atoms with Gasteiger partial charge in [-0.25, -0.2) is 0 Å². The van der Waals surface area contributed by atoms with Crippen molar-refractivity contribution in [3.05, 3.63) is 33.9 Å². The smallest absolute Gasteiger partial charge is 0.305 e. The molecule has 0 aliphatic rings. The molecule has 1 rings (SSSR count). The molecule has 0 saturated carbocycles. The first-order valence-corrected chi connectivity index (χ1v) is 6.16. The Morgan fingerprint density at radius 3 is 2.90 bits per heavy atom. The van der Waals surface area contributed by atoms with Gasteiger partial charge in [-0.05, 0) is 25.5 Å². The largest absolute Gasteiger partial charge is 0.466 e. The van der Waals surface area contributed by atoms with Crippen molar-refractivity contribution in [1.82, 2.24) is 0 Å². The Hall–Kier alpha value is -2.62. The monoisotopic (exact) mass is 277 g/mol. The van der Waals surface area contributed by atoms with Crippen LogP contribution in [0.5, 0.6) is 0 Å². The predicted octanol–water partition coefficient (Wildman–Crippen LogP) is 2.22. The highest BCUT2D eigenvalue weighted by Crippen LogP contribution is 2.25. The van der Waals surface area contributed by atoms with E-state index in [-0.39, 0.29) is 23.8 Å². The summed E-state index contributed by atoms with van der Waals surface area (Å²) in [6.07, 6.45) is 0.735. The number of hydrogen-bond acceptors (Lipinski definition) is 6. The van der Waals surface area contributed by atoms with Gasteiger partial charge in [-0.15, -0.1) is 0 Å². The van der Waals surface area contributed by atoms with E-state index in [0.29, 0.717) is 25.1 Å². The normalized spacial score (nSPS) is 9.60. The number of anilines is 1. The van der Waals surface area contributed by atoms with Crippen LogP contribution in [0.15, 0.2) is 18.2 Å². The lowest BCUT2D eigenvalue weighted by atomic mass is 10.2. The van der Waals surface area contributed by atoms with Gasteiger partial charge in [0.15, 0.2) is 0 Å². The molecule has 0 atom stereocenters. The average molecular weight is 277 g/mol. The summed E-state index contributed by atoms with van der Waals surface area (Å²) in [7, 11) is 0. The van der Waals surface area contributed by atoms with Crippen molar-refractivity contribution in [1.29, 1.82) is 5.26 Å². The second-order valence-electron chi connectivity index (χ2n) is 3.94. The third-order valence-corrected chi connectivity index (χ3v) is 2.50. The fraction of sp³-hybridized carbons (Fsp3) is 0.385. The van der Waals surface area contributed by atoms with Gasteiger partial charge in [0.2, 0.25) is 0 Å². The Kier molecular flexibility index (Phi) is 5.97. The van der Waals surface area contributed by atoms with Crippen LogP contribution in [-0.4, -0.2) is 24.0 Å². The van der Waals surface area contributed by atoms with Crippen molar-refractivity contribution in [3.63, 3.8) is 0 Å². The van der Waals surface area contributed by atoms with Gasteiger partial charge in [0.25, 0.3) is 5.69 Å². The van der Waals surface area contributed by atoms with E-state index in [1.165, 1.54) is 18.2 Å². The number of nitriles is 1. The van der Waals surface area contributed by atoms with E-state index in [1.54, 1.807) is 6.92 Å². The highest BCUT2D eigenvalue weighted by atomic mass is 16.6. The number of carbonyl (C=O) groups excluding carboxylic acids is 1. The summed E-state index contributed by atoms with van der Waals surface area (Å²) in [5.74, 6) is -0.297. The Morgan fingerprint density at radius 1 is 1.55 bits per heavy atom. The number of ether oxygens (including phenoxy) is 1. The number of nitrogens with zero attached hydrogens (tertiary/aromatic N) is 2. The van der Waals surface area contributed by atoms with Gasteiger partial charge in [0.05, 0.1) is 23.2 Å². The lowest BCUT2D eigenvalue weighted by Crippen LogP contribution is -2.09. The zero-order valence-electron chi connectivity index (χ0n) is 11.1. The summed E-state index contributed by atoms with van der Waals surface area (Å²) in [6, 6.07) is 6.02. The highest BCUT2D eigenvalue weighted by molar-refractivity contribution is 5.69. The molecule has 7 heteroatoms. The van der Waals surface area contributed by atoms with E-state index in [1.807, 2.05) is 6.07 Å². The van der Waals surface area contributed by atoms with Crippen molar-refractivity contribution < 1.29 is 14.5 Å². The van der Waals surface area contributed by atoms with Crippen molar-refractivity contribution >= 4 is 17.3 Å².